The molecule has 0 spiro atoms. The predicted molar refractivity (Wildman–Crippen MR) is 82.4 cm³/mol. The quantitative estimate of drug-likeness (QED) is 0.926. The Morgan fingerprint density at radius 3 is 2.32 bits per heavy atom. The molecule has 1 N–H and O–H groups in total. The Kier molecular flexibility index (Phi) is 4.83. The van der Waals surface area contributed by atoms with E-state index in [4.69, 9.17) is 0 Å². The van der Waals surface area contributed by atoms with Gasteiger partial charge in [-0.15, -0.1) is 0 Å². The number of aryl methyl sites for hydroxylation is 1. The molecule has 0 aliphatic carbocycles. The molecule has 1 aromatic heterocycles. The lowest BCUT2D eigenvalue weighted by atomic mass is 10.1. The number of carbonyl (C=O) groups is 2. The Labute approximate surface area is 129 Å². The van der Waals surface area contributed by atoms with Gasteiger partial charge >= 0.3 is 0 Å². The van der Waals surface area contributed by atoms with Crippen LogP contribution in [0.2, 0.25) is 0 Å². The van der Waals surface area contributed by atoms with Crippen molar-refractivity contribution in [3.8, 4) is 0 Å². The van der Waals surface area contributed by atoms with Crippen LogP contribution in [0.5, 0.6) is 0 Å². The summed E-state index contributed by atoms with van der Waals surface area (Å²) >= 11 is 0. The molecule has 0 radical (unpaired) electrons. The molecule has 22 heavy (non-hydrogen) atoms. The van der Waals surface area contributed by atoms with Crippen LogP contribution in [0.15, 0.2) is 36.7 Å². The molecule has 2 amide bonds. The van der Waals surface area contributed by atoms with Crippen molar-refractivity contribution in [1.29, 1.82) is 0 Å². The second kappa shape index (κ2) is 6.80. The molecule has 2 aromatic rings. The molecule has 0 aliphatic heterocycles. The molecule has 6 nitrogen and oxygen atoms in total. The summed E-state index contributed by atoms with van der Waals surface area (Å²) in [6.45, 7) is 2.18. The molecule has 0 atom stereocenters. The average Bonchev–Trinajstić information content (AvgIpc) is 2.53. The van der Waals surface area contributed by atoms with Crippen LogP contribution in [0.4, 0.5) is 0 Å². The maximum Gasteiger partial charge on any atom is 0.271 e. The highest BCUT2D eigenvalue weighted by Gasteiger charge is 2.09. The van der Waals surface area contributed by atoms with Gasteiger partial charge in [-0.1, -0.05) is 12.1 Å². The molecule has 1 aromatic carbocycles. The third-order valence-electron chi connectivity index (χ3n) is 3.07. The van der Waals surface area contributed by atoms with Crippen molar-refractivity contribution in [3.05, 3.63) is 59.2 Å². The maximum absolute atomic E-state index is 11.9. The highest BCUT2D eigenvalue weighted by Crippen LogP contribution is 2.06. The molecule has 1 heterocycles. The van der Waals surface area contributed by atoms with Gasteiger partial charge in [-0.25, -0.2) is 4.98 Å². The lowest BCUT2D eigenvalue weighted by molar-refractivity contribution is 0.0827. The van der Waals surface area contributed by atoms with Gasteiger partial charge in [0.1, 0.15) is 5.69 Å². The van der Waals surface area contributed by atoms with Crippen LogP contribution in [0.3, 0.4) is 0 Å². The summed E-state index contributed by atoms with van der Waals surface area (Å²) in [4.78, 5) is 33.3. The summed E-state index contributed by atoms with van der Waals surface area (Å²) in [5.74, 6) is -0.327. The van der Waals surface area contributed by atoms with Gasteiger partial charge in [-0.05, 0) is 24.6 Å². The van der Waals surface area contributed by atoms with Gasteiger partial charge < -0.3 is 10.2 Å². The van der Waals surface area contributed by atoms with Crippen molar-refractivity contribution < 1.29 is 9.59 Å². The minimum absolute atomic E-state index is 0.0504. The number of rotatable bonds is 4. The van der Waals surface area contributed by atoms with E-state index in [0.29, 0.717) is 12.1 Å². The molecule has 0 unspecified atom stereocenters. The summed E-state index contributed by atoms with van der Waals surface area (Å²) in [6, 6.07) is 7.13. The zero-order valence-corrected chi connectivity index (χ0v) is 12.8. The monoisotopic (exact) mass is 298 g/mol. The van der Waals surface area contributed by atoms with Crippen LogP contribution in [0.1, 0.15) is 32.1 Å². The van der Waals surface area contributed by atoms with E-state index in [-0.39, 0.29) is 17.5 Å². The average molecular weight is 298 g/mol. The number of benzene rings is 1. The number of amides is 2. The molecule has 0 aliphatic rings. The van der Waals surface area contributed by atoms with Crippen LogP contribution >= 0.6 is 0 Å². The second-order valence-electron chi connectivity index (χ2n) is 5.12. The van der Waals surface area contributed by atoms with E-state index < -0.39 is 0 Å². The lowest BCUT2D eigenvalue weighted by Gasteiger charge is -2.10. The third kappa shape index (κ3) is 3.88. The Morgan fingerprint density at radius 1 is 1.09 bits per heavy atom. The van der Waals surface area contributed by atoms with Crippen molar-refractivity contribution in [2.24, 2.45) is 0 Å². The molecular formula is C16H18N4O2. The maximum atomic E-state index is 11.9. The van der Waals surface area contributed by atoms with E-state index in [1.165, 1.54) is 11.1 Å². The first kappa shape index (κ1) is 15.6. The predicted octanol–water partition coefficient (Wildman–Crippen LogP) is 1.42. The zero-order chi connectivity index (χ0) is 16.1. The number of nitrogens with zero attached hydrogens (tertiary/aromatic N) is 3. The lowest BCUT2D eigenvalue weighted by Crippen LogP contribution is -2.24. The Hall–Kier alpha value is -2.76. The Bertz CT molecular complexity index is 664. The summed E-state index contributed by atoms with van der Waals surface area (Å²) in [7, 11) is 3.41. The van der Waals surface area contributed by atoms with Crippen LogP contribution in [0, 0.1) is 6.92 Å². The van der Waals surface area contributed by atoms with Gasteiger partial charge in [0.05, 0.1) is 11.9 Å². The SMILES string of the molecule is Cc1cnc(C(=O)NCc2ccc(C(=O)N(C)C)cc2)cn1. The van der Waals surface area contributed by atoms with Crippen molar-refractivity contribution in [3.63, 3.8) is 0 Å². The first-order valence-corrected chi connectivity index (χ1v) is 6.85. The van der Waals surface area contributed by atoms with E-state index in [1.54, 1.807) is 32.4 Å². The van der Waals surface area contributed by atoms with E-state index in [9.17, 15) is 9.59 Å². The molecule has 114 valence electrons. The van der Waals surface area contributed by atoms with Gasteiger partial charge in [0, 0.05) is 32.4 Å². The smallest absolute Gasteiger partial charge is 0.271 e. The van der Waals surface area contributed by atoms with Crippen LogP contribution in [-0.2, 0) is 6.54 Å². The number of carbonyl (C=O) groups excluding carboxylic acids is 2. The number of nitrogens with one attached hydrogen (secondary N) is 1. The van der Waals surface area contributed by atoms with Crippen molar-refractivity contribution >= 4 is 11.8 Å². The van der Waals surface area contributed by atoms with Crippen LogP contribution in [0.25, 0.3) is 0 Å². The molecule has 0 saturated carbocycles. The standard InChI is InChI=1S/C16H18N4O2/c1-11-8-18-14(10-17-11)15(21)19-9-12-4-6-13(7-5-12)16(22)20(2)3/h4-8,10H,9H2,1-3H3,(H,19,21). The fourth-order valence-electron chi connectivity index (χ4n) is 1.81. The molecule has 0 saturated heterocycles. The number of hydrogen-bond donors (Lipinski definition) is 1. The molecule has 0 fully saturated rings. The first-order chi connectivity index (χ1) is 10.5. The fraction of sp³-hybridized carbons (Fsp3) is 0.250. The summed E-state index contributed by atoms with van der Waals surface area (Å²) in [6.07, 6.45) is 3.00. The Morgan fingerprint density at radius 2 is 1.77 bits per heavy atom. The van der Waals surface area contributed by atoms with E-state index in [1.807, 2.05) is 19.1 Å². The van der Waals surface area contributed by atoms with Gasteiger partial charge in [-0.2, -0.15) is 0 Å². The van der Waals surface area contributed by atoms with Gasteiger partial charge in [0.25, 0.3) is 11.8 Å². The summed E-state index contributed by atoms with van der Waals surface area (Å²) < 4.78 is 0. The van der Waals surface area contributed by atoms with Crippen LogP contribution in [-0.4, -0.2) is 40.8 Å². The van der Waals surface area contributed by atoms with Crippen molar-refractivity contribution in [2.45, 2.75) is 13.5 Å². The van der Waals surface area contributed by atoms with Gasteiger partial charge in [0.2, 0.25) is 0 Å². The van der Waals surface area contributed by atoms with E-state index >= 15 is 0 Å². The van der Waals surface area contributed by atoms with Crippen LogP contribution < -0.4 is 5.32 Å². The topological polar surface area (TPSA) is 75.2 Å². The first-order valence-electron chi connectivity index (χ1n) is 6.85. The van der Waals surface area contributed by atoms with Gasteiger partial charge in [-0.3, -0.25) is 14.6 Å². The highest BCUT2D eigenvalue weighted by molar-refractivity contribution is 5.94. The number of hydrogen-bond acceptors (Lipinski definition) is 4. The van der Waals surface area contributed by atoms with Gasteiger partial charge in [0.15, 0.2) is 0 Å². The molecule has 2 rings (SSSR count). The molecule has 6 heteroatoms. The van der Waals surface area contributed by atoms with E-state index in [2.05, 4.69) is 15.3 Å². The van der Waals surface area contributed by atoms with E-state index in [0.717, 1.165) is 11.3 Å². The third-order valence-corrected chi connectivity index (χ3v) is 3.07. The minimum atomic E-state index is -0.277. The summed E-state index contributed by atoms with van der Waals surface area (Å²) in [5.41, 5.74) is 2.57. The fourth-order valence-corrected chi connectivity index (χ4v) is 1.81. The normalized spacial score (nSPS) is 10.1. The minimum Gasteiger partial charge on any atom is -0.347 e. The van der Waals surface area contributed by atoms with Crippen molar-refractivity contribution in [2.75, 3.05) is 14.1 Å². The van der Waals surface area contributed by atoms with Crippen molar-refractivity contribution in [1.82, 2.24) is 20.2 Å². The molecular weight excluding hydrogens is 280 g/mol. The largest absolute Gasteiger partial charge is 0.347 e. The molecule has 0 bridgehead atoms. The highest BCUT2D eigenvalue weighted by atomic mass is 16.2. The number of aromatic nitrogens is 2. The summed E-state index contributed by atoms with van der Waals surface area (Å²) in [5, 5.41) is 2.77. The second-order valence-corrected chi connectivity index (χ2v) is 5.12. The zero-order valence-electron chi connectivity index (χ0n) is 12.8. The Balaban J connectivity index is 1.95.